The Kier molecular flexibility index (Phi) is 4.47. The van der Waals surface area contributed by atoms with E-state index in [1.54, 1.807) is 4.90 Å². The number of carbonyl (C=O) groups is 1. The lowest BCUT2D eigenvalue weighted by molar-refractivity contribution is 0.0700. The molecule has 0 radical (unpaired) electrons. The molecule has 1 heterocycles. The van der Waals surface area contributed by atoms with Crippen LogP contribution in [0.3, 0.4) is 0 Å². The van der Waals surface area contributed by atoms with Gasteiger partial charge in [-0.25, -0.2) is 8.78 Å². The second-order valence-electron chi connectivity index (χ2n) is 4.75. The first-order valence-electron chi connectivity index (χ1n) is 6.59. The van der Waals surface area contributed by atoms with Crippen LogP contribution in [0.4, 0.5) is 8.78 Å². The van der Waals surface area contributed by atoms with Crippen molar-refractivity contribution in [3.05, 3.63) is 35.4 Å². The van der Waals surface area contributed by atoms with Gasteiger partial charge in [0.05, 0.1) is 5.56 Å². The predicted octanol–water partition coefficient (Wildman–Crippen LogP) is 2.18. The largest absolute Gasteiger partial charge is 0.338 e. The van der Waals surface area contributed by atoms with Crippen LogP contribution in [0.5, 0.6) is 0 Å². The third-order valence-electron chi connectivity index (χ3n) is 3.43. The van der Waals surface area contributed by atoms with Crippen LogP contribution < -0.4 is 5.32 Å². The van der Waals surface area contributed by atoms with E-state index in [0.717, 1.165) is 37.6 Å². The fourth-order valence-corrected chi connectivity index (χ4v) is 2.41. The van der Waals surface area contributed by atoms with E-state index in [0.29, 0.717) is 19.1 Å². The number of carbonyl (C=O) groups excluding carboxylic acids is 1. The summed E-state index contributed by atoms with van der Waals surface area (Å²) in [4.78, 5) is 13.7. The van der Waals surface area contributed by atoms with Crippen molar-refractivity contribution in [1.29, 1.82) is 0 Å². The molecule has 0 bridgehead atoms. The van der Waals surface area contributed by atoms with Crippen LogP contribution in [0, 0.1) is 11.6 Å². The Balaban J connectivity index is 2.03. The lowest BCUT2D eigenvalue weighted by atomic mass is 10.0. The number of hydrogen-bond donors (Lipinski definition) is 1. The number of likely N-dealkylation sites (tertiary alicyclic amines) is 1. The summed E-state index contributed by atoms with van der Waals surface area (Å²) in [6.07, 6.45) is 1.69. The molecular weight excluding hydrogens is 250 g/mol. The zero-order valence-corrected chi connectivity index (χ0v) is 11.0. The van der Waals surface area contributed by atoms with Crippen LogP contribution in [-0.4, -0.2) is 36.5 Å². The highest BCUT2D eigenvalue weighted by molar-refractivity contribution is 5.94. The molecule has 0 unspecified atom stereocenters. The predicted molar refractivity (Wildman–Crippen MR) is 69.0 cm³/mol. The van der Waals surface area contributed by atoms with E-state index in [-0.39, 0.29) is 5.56 Å². The van der Waals surface area contributed by atoms with Gasteiger partial charge in [0.1, 0.15) is 11.6 Å². The summed E-state index contributed by atoms with van der Waals surface area (Å²) in [6.45, 7) is 4.09. The molecule has 1 saturated heterocycles. The number of nitrogens with one attached hydrogen (secondary N) is 1. The molecule has 2 rings (SSSR count). The maximum absolute atomic E-state index is 13.5. The average Bonchev–Trinajstić information content (AvgIpc) is 2.42. The molecular formula is C14H18F2N2O. The molecule has 1 aliphatic rings. The van der Waals surface area contributed by atoms with Crippen LogP contribution in [0.25, 0.3) is 0 Å². The van der Waals surface area contributed by atoms with Crippen molar-refractivity contribution in [2.75, 3.05) is 19.6 Å². The van der Waals surface area contributed by atoms with Crippen molar-refractivity contribution in [1.82, 2.24) is 10.2 Å². The third-order valence-corrected chi connectivity index (χ3v) is 3.43. The summed E-state index contributed by atoms with van der Waals surface area (Å²) in [5.74, 6) is -1.68. The van der Waals surface area contributed by atoms with Crippen LogP contribution in [-0.2, 0) is 0 Å². The van der Waals surface area contributed by atoms with E-state index in [2.05, 4.69) is 5.32 Å². The second-order valence-corrected chi connectivity index (χ2v) is 4.75. The highest BCUT2D eigenvalue weighted by atomic mass is 19.1. The summed E-state index contributed by atoms with van der Waals surface area (Å²) in [6, 6.07) is 3.39. The summed E-state index contributed by atoms with van der Waals surface area (Å²) in [5, 5.41) is 3.33. The van der Waals surface area contributed by atoms with E-state index in [4.69, 9.17) is 0 Å². The first-order valence-corrected chi connectivity index (χ1v) is 6.59. The maximum Gasteiger partial charge on any atom is 0.256 e. The Bertz CT molecular complexity index is 457. The van der Waals surface area contributed by atoms with Crippen molar-refractivity contribution in [3.63, 3.8) is 0 Å². The fourth-order valence-electron chi connectivity index (χ4n) is 2.41. The van der Waals surface area contributed by atoms with Crippen molar-refractivity contribution in [2.24, 2.45) is 0 Å². The summed E-state index contributed by atoms with van der Waals surface area (Å²) in [5.41, 5.74) is -0.179. The Morgan fingerprint density at radius 2 is 2.05 bits per heavy atom. The zero-order chi connectivity index (χ0) is 13.8. The lowest BCUT2D eigenvalue weighted by Crippen LogP contribution is -2.45. The van der Waals surface area contributed by atoms with Gasteiger partial charge in [0.2, 0.25) is 0 Å². The van der Waals surface area contributed by atoms with Crippen molar-refractivity contribution < 1.29 is 13.6 Å². The van der Waals surface area contributed by atoms with Crippen LogP contribution in [0.2, 0.25) is 0 Å². The fraction of sp³-hybridized carbons (Fsp3) is 0.500. The van der Waals surface area contributed by atoms with E-state index >= 15 is 0 Å². The molecule has 0 spiro atoms. The van der Waals surface area contributed by atoms with E-state index in [1.807, 2.05) is 6.92 Å². The van der Waals surface area contributed by atoms with Gasteiger partial charge in [0.25, 0.3) is 5.91 Å². The number of halogens is 2. The van der Waals surface area contributed by atoms with Gasteiger partial charge in [-0.15, -0.1) is 0 Å². The Morgan fingerprint density at radius 3 is 2.68 bits per heavy atom. The highest BCUT2D eigenvalue weighted by Crippen LogP contribution is 2.17. The van der Waals surface area contributed by atoms with Crippen LogP contribution in [0.1, 0.15) is 30.1 Å². The van der Waals surface area contributed by atoms with Gasteiger partial charge in [0.15, 0.2) is 0 Å². The first-order chi connectivity index (χ1) is 9.11. The smallest absolute Gasteiger partial charge is 0.256 e. The molecule has 0 aliphatic carbocycles. The lowest BCUT2D eigenvalue weighted by Gasteiger charge is -2.32. The van der Waals surface area contributed by atoms with Crippen molar-refractivity contribution >= 4 is 5.91 Å². The summed E-state index contributed by atoms with van der Waals surface area (Å²) in [7, 11) is 0. The minimum atomic E-state index is -0.666. The van der Waals surface area contributed by atoms with E-state index in [9.17, 15) is 13.6 Å². The minimum Gasteiger partial charge on any atom is -0.338 e. The quantitative estimate of drug-likeness (QED) is 0.911. The molecule has 1 aromatic rings. The molecule has 0 saturated carbocycles. The Hall–Kier alpha value is -1.49. The summed E-state index contributed by atoms with van der Waals surface area (Å²) < 4.78 is 26.6. The van der Waals surface area contributed by atoms with Gasteiger partial charge in [-0.3, -0.25) is 4.79 Å². The van der Waals surface area contributed by atoms with Gasteiger partial charge in [0, 0.05) is 19.1 Å². The molecule has 1 aliphatic heterocycles. The maximum atomic E-state index is 13.5. The standard InChI is InChI=1S/C14H18F2N2O/c1-2-17-11-5-7-18(8-6-11)14(19)12-9-10(15)3-4-13(12)16/h3-4,9,11,17H,2,5-8H2,1H3. The first kappa shape index (κ1) is 13.9. The van der Waals surface area contributed by atoms with E-state index in [1.165, 1.54) is 0 Å². The van der Waals surface area contributed by atoms with Gasteiger partial charge in [-0.1, -0.05) is 6.92 Å². The minimum absolute atomic E-state index is 0.179. The molecule has 1 aromatic carbocycles. The van der Waals surface area contributed by atoms with Crippen LogP contribution in [0.15, 0.2) is 18.2 Å². The Morgan fingerprint density at radius 1 is 1.37 bits per heavy atom. The molecule has 1 amide bonds. The number of rotatable bonds is 3. The Labute approximate surface area is 111 Å². The number of benzene rings is 1. The zero-order valence-electron chi connectivity index (χ0n) is 11.0. The van der Waals surface area contributed by atoms with Gasteiger partial charge >= 0.3 is 0 Å². The molecule has 19 heavy (non-hydrogen) atoms. The number of amides is 1. The number of piperidine rings is 1. The number of hydrogen-bond acceptors (Lipinski definition) is 2. The summed E-state index contributed by atoms with van der Waals surface area (Å²) >= 11 is 0. The SMILES string of the molecule is CCNC1CCN(C(=O)c2cc(F)ccc2F)CC1. The molecule has 5 heteroatoms. The molecule has 0 aromatic heterocycles. The van der Waals surface area contributed by atoms with Crippen molar-refractivity contribution in [3.8, 4) is 0 Å². The topological polar surface area (TPSA) is 32.3 Å². The highest BCUT2D eigenvalue weighted by Gasteiger charge is 2.25. The van der Waals surface area contributed by atoms with Gasteiger partial charge < -0.3 is 10.2 Å². The molecule has 3 nitrogen and oxygen atoms in total. The average molecular weight is 268 g/mol. The van der Waals surface area contributed by atoms with Gasteiger partial charge in [-0.05, 0) is 37.6 Å². The molecule has 1 N–H and O–H groups in total. The van der Waals surface area contributed by atoms with Crippen molar-refractivity contribution in [2.45, 2.75) is 25.8 Å². The monoisotopic (exact) mass is 268 g/mol. The van der Waals surface area contributed by atoms with E-state index < -0.39 is 17.5 Å². The second kappa shape index (κ2) is 6.10. The normalized spacial score (nSPS) is 16.7. The molecule has 0 atom stereocenters. The molecule has 104 valence electrons. The molecule has 1 fully saturated rings. The van der Waals surface area contributed by atoms with Crippen LogP contribution >= 0.6 is 0 Å². The number of nitrogens with zero attached hydrogens (tertiary/aromatic N) is 1. The van der Waals surface area contributed by atoms with Gasteiger partial charge in [-0.2, -0.15) is 0 Å². The third kappa shape index (κ3) is 3.29.